The van der Waals surface area contributed by atoms with Gasteiger partial charge in [0.1, 0.15) is 12.7 Å². The molecule has 12 heteroatoms. The molecule has 1 heterocycles. The van der Waals surface area contributed by atoms with Gasteiger partial charge in [-0.1, -0.05) is 12.1 Å². The first-order chi connectivity index (χ1) is 14.0. The average Bonchev–Trinajstić information content (AvgIpc) is 2.67. The summed E-state index contributed by atoms with van der Waals surface area (Å²) in [5, 5.41) is 30.2. The lowest BCUT2D eigenvalue weighted by Crippen LogP contribution is -2.31. The molecule has 1 N–H and O–H groups in total. The molecule has 1 aliphatic heterocycles. The highest BCUT2D eigenvalue weighted by atomic mass is 17.0. The van der Waals surface area contributed by atoms with E-state index in [0.717, 1.165) is 0 Å². The minimum Gasteiger partial charge on any atom is -0.478 e. The Morgan fingerprint density at radius 3 is 2.53 bits per heavy atom. The summed E-state index contributed by atoms with van der Waals surface area (Å²) in [7, 11) is 1.54. The molecule has 0 amide bonds. The van der Waals surface area contributed by atoms with Crippen LogP contribution in [0.15, 0.2) is 47.3 Å². The molecule has 30 heavy (non-hydrogen) atoms. The largest absolute Gasteiger partial charge is 0.478 e. The standard InChI is InChI=1S/C18H19N3O9/c1-10(30-21(27)28)9-29-18(24)15-11(2)19(3)8-14(17(22)23)16(15)12-5-4-6-13(7-12)20(25)26/h4-8,10,16H,9H2,1-3H3,(H,22,23). The molecule has 2 rings (SSSR count). The Labute approximate surface area is 170 Å². The number of esters is 1. The molecule has 1 aromatic carbocycles. The number of nitro groups is 1. The first kappa shape index (κ1) is 22.3. The lowest BCUT2D eigenvalue weighted by atomic mass is 9.81. The Bertz CT molecular complexity index is 954. The second-order valence-electron chi connectivity index (χ2n) is 6.52. The van der Waals surface area contributed by atoms with Gasteiger partial charge in [0.25, 0.3) is 10.8 Å². The summed E-state index contributed by atoms with van der Waals surface area (Å²) in [5.41, 5.74) is 0.0714. The molecule has 0 bridgehead atoms. The van der Waals surface area contributed by atoms with Crippen LogP contribution in [0.1, 0.15) is 25.3 Å². The van der Waals surface area contributed by atoms with Crippen molar-refractivity contribution < 1.29 is 34.3 Å². The molecule has 2 unspecified atom stereocenters. The van der Waals surface area contributed by atoms with Crippen LogP contribution in [0, 0.1) is 20.2 Å². The number of nitrogens with zero attached hydrogens (tertiary/aromatic N) is 3. The van der Waals surface area contributed by atoms with Crippen LogP contribution < -0.4 is 0 Å². The molecular weight excluding hydrogens is 402 g/mol. The number of ether oxygens (including phenoxy) is 1. The van der Waals surface area contributed by atoms with Crippen LogP contribution in [-0.2, 0) is 19.2 Å². The predicted octanol–water partition coefficient (Wildman–Crippen LogP) is 2.01. The fourth-order valence-electron chi connectivity index (χ4n) is 2.99. The van der Waals surface area contributed by atoms with Crippen LogP contribution in [0.4, 0.5) is 5.69 Å². The van der Waals surface area contributed by atoms with E-state index in [1.807, 2.05) is 0 Å². The topological polar surface area (TPSA) is 162 Å². The smallest absolute Gasteiger partial charge is 0.336 e. The number of carbonyl (C=O) groups is 2. The highest BCUT2D eigenvalue weighted by Crippen LogP contribution is 2.39. The van der Waals surface area contributed by atoms with Gasteiger partial charge >= 0.3 is 11.9 Å². The second kappa shape index (κ2) is 9.03. The molecule has 0 spiro atoms. The summed E-state index contributed by atoms with van der Waals surface area (Å²) in [4.78, 5) is 51.3. The Morgan fingerprint density at radius 1 is 1.30 bits per heavy atom. The molecule has 2 atom stereocenters. The SMILES string of the molecule is CC1=C(C(=O)OCC(C)O[N+](=O)[O-])C(c2cccc([N+](=O)[O-])c2)C(C(=O)O)=CN1C. The van der Waals surface area contributed by atoms with Crippen LogP contribution >= 0.6 is 0 Å². The van der Waals surface area contributed by atoms with Gasteiger partial charge in [0.15, 0.2) is 0 Å². The number of benzene rings is 1. The summed E-state index contributed by atoms with van der Waals surface area (Å²) in [6.07, 6.45) is 0.271. The zero-order chi connectivity index (χ0) is 22.6. The Morgan fingerprint density at radius 2 is 1.97 bits per heavy atom. The molecule has 0 aromatic heterocycles. The van der Waals surface area contributed by atoms with Crippen LogP contribution in [0.3, 0.4) is 0 Å². The van der Waals surface area contributed by atoms with Crippen molar-refractivity contribution in [3.63, 3.8) is 0 Å². The van der Waals surface area contributed by atoms with Crippen LogP contribution in [-0.4, -0.2) is 51.7 Å². The average molecular weight is 421 g/mol. The zero-order valence-corrected chi connectivity index (χ0v) is 16.3. The van der Waals surface area contributed by atoms with Crippen molar-refractivity contribution >= 4 is 17.6 Å². The summed E-state index contributed by atoms with van der Waals surface area (Å²) >= 11 is 0. The second-order valence-corrected chi connectivity index (χ2v) is 6.52. The molecule has 1 aliphatic rings. The van der Waals surface area contributed by atoms with Gasteiger partial charge in [-0.25, -0.2) is 9.59 Å². The van der Waals surface area contributed by atoms with E-state index >= 15 is 0 Å². The van der Waals surface area contributed by atoms with Gasteiger partial charge < -0.3 is 19.6 Å². The molecule has 0 aliphatic carbocycles. The van der Waals surface area contributed by atoms with E-state index in [-0.39, 0.29) is 22.4 Å². The van der Waals surface area contributed by atoms with Crippen LogP contribution in [0.2, 0.25) is 0 Å². The lowest BCUT2D eigenvalue weighted by Gasteiger charge is -2.31. The number of aliphatic carboxylic acids is 1. The third-order valence-electron chi connectivity index (χ3n) is 4.45. The van der Waals surface area contributed by atoms with Crippen LogP contribution in [0.5, 0.6) is 0 Å². The van der Waals surface area contributed by atoms with Crippen molar-refractivity contribution in [3.05, 3.63) is 73.1 Å². The van der Waals surface area contributed by atoms with Gasteiger partial charge in [-0.05, 0) is 19.4 Å². The monoisotopic (exact) mass is 421 g/mol. The van der Waals surface area contributed by atoms with Crippen molar-refractivity contribution in [2.24, 2.45) is 0 Å². The van der Waals surface area contributed by atoms with Crippen molar-refractivity contribution in [3.8, 4) is 0 Å². The van der Waals surface area contributed by atoms with Gasteiger partial charge in [-0.3, -0.25) is 10.1 Å². The van der Waals surface area contributed by atoms with Crippen molar-refractivity contribution in [1.29, 1.82) is 0 Å². The highest BCUT2D eigenvalue weighted by molar-refractivity contribution is 5.98. The first-order valence-corrected chi connectivity index (χ1v) is 8.64. The normalized spacial score (nSPS) is 17.1. The van der Waals surface area contributed by atoms with E-state index in [1.54, 1.807) is 6.92 Å². The molecular formula is C18H19N3O9. The number of allylic oxidation sites excluding steroid dienone is 1. The lowest BCUT2D eigenvalue weighted by molar-refractivity contribution is -0.767. The predicted molar refractivity (Wildman–Crippen MR) is 101 cm³/mol. The molecule has 160 valence electrons. The van der Waals surface area contributed by atoms with Gasteiger partial charge in [0.05, 0.1) is 22.0 Å². The quantitative estimate of drug-likeness (QED) is 0.373. The fraction of sp³-hybridized carbons (Fsp3) is 0.333. The molecule has 0 saturated heterocycles. The molecule has 1 aromatic rings. The van der Waals surface area contributed by atoms with Crippen molar-refractivity contribution in [1.82, 2.24) is 4.90 Å². The van der Waals surface area contributed by atoms with E-state index in [9.17, 15) is 34.9 Å². The minimum atomic E-state index is -1.32. The Hall–Kier alpha value is -3.96. The highest BCUT2D eigenvalue weighted by Gasteiger charge is 2.37. The maximum absolute atomic E-state index is 12.8. The number of carboxylic acids is 1. The number of hydrogen-bond acceptors (Lipinski definition) is 9. The van der Waals surface area contributed by atoms with Gasteiger partial charge in [0, 0.05) is 31.1 Å². The van der Waals surface area contributed by atoms with Gasteiger partial charge in [0.2, 0.25) is 0 Å². The van der Waals surface area contributed by atoms with Gasteiger partial charge in [-0.15, -0.1) is 10.1 Å². The third kappa shape index (κ3) is 4.90. The maximum Gasteiger partial charge on any atom is 0.336 e. The van der Waals surface area contributed by atoms with Crippen molar-refractivity contribution in [2.75, 3.05) is 13.7 Å². The summed E-state index contributed by atoms with van der Waals surface area (Å²) in [6.45, 7) is 2.44. The summed E-state index contributed by atoms with van der Waals surface area (Å²) in [6, 6.07) is 5.29. The summed E-state index contributed by atoms with van der Waals surface area (Å²) < 4.78 is 5.11. The maximum atomic E-state index is 12.8. The third-order valence-corrected chi connectivity index (χ3v) is 4.45. The van der Waals surface area contributed by atoms with E-state index in [4.69, 9.17) is 4.74 Å². The van der Waals surface area contributed by atoms with E-state index in [1.165, 1.54) is 49.3 Å². The Kier molecular flexibility index (Phi) is 6.72. The number of rotatable bonds is 8. The van der Waals surface area contributed by atoms with Crippen molar-refractivity contribution in [2.45, 2.75) is 25.9 Å². The molecule has 0 fully saturated rings. The van der Waals surface area contributed by atoms with Crippen LogP contribution in [0.25, 0.3) is 0 Å². The first-order valence-electron chi connectivity index (χ1n) is 8.64. The Balaban J connectivity index is 2.47. The fourth-order valence-corrected chi connectivity index (χ4v) is 2.99. The minimum absolute atomic E-state index is 0.0498. The number of non-ortho nitro benzene ring substituents is 1. The number of hydrogen-bond donors (Lipinski definition) is 1. The molecule has 12 nitrogen and oxygen atoms in total. The van der Waals surface area contributed by atoms with E-state index in [0.29, 0.717) is 5.70 Å². The van der Waals surface area contributed by atoms with Gasteiger partial charge in [-0.2, -0.15) is 0 Å². The zero-order valence-electron chi connectivity index (χ0n) is 16.3. The van der Waals surface area contributed by atoms with E-state index < -0.39 is 40.6 Å². The van der Waals surface area contributed by atoms with E-state index in [2.05, 4.69) is 4.84 Å². The number of nitro benzene ring substituents is 1. The number of carboxylic acid groups (broad SMARTS) is 1. The summed E-state index contributed by atoms with van der Waals surface area (Å²) in [5.74, 6) is -3.37. The molecule has 0 radical (unpaired) electrons. The number of carbonyl (C=O) groups excluding carboxylic acids is 1. The molecule has 0 saturated carbocycles.